The van der Waals surface area contributed by atoms with E-state index in [2.05, 4.69) is 20.5 Å². The van der Waals surface area contributed by atoms with Gasteiger partial charge in [0, 0.05) is 20.0 Å². The molecule has 0 saturated carbocycles. The second-order valence-corrected chi connectivity index (χ2v) is 4.78. The van der Waals surface area contributed by atoms with E-state index in [9.17, 15) is 4.79 Å². The molecule has 1 amide bonds. The SMILES string of the molecule is Cn1c(C(=O)NCCCc2ncn[nH]2)cc(Cl)c1Cl. The molecule has 0 spiro atoms. The van der Waals surface area contributed by atoms with Crippen molar-refractivity contribution in [2.75, 3.05) is 6.54 Å². The summed E-state index contributed by atoms with van der Waals surface area (Å²) in [4.78, 5) is 15.9. The van der Waals surface area contributed by atoms with Crippen LogP contribution in [0.15, 0.2) is 12.4 Å². The fraction of sp³-hybridized carbons (Fsp3) is 0.364. The minimum absolute atomic E-state index is 0.200. The van der Waals surface area contributed by atoms with E-state index in [-0.39, 0.29) is 5.91 Å². The molecule has 2 rings (SSSR count). The summed E-state index contributed by atoms with van der Waals surface area (Å²) in [5.74, 6) is 0.605. The fourth-order valence-electron chi connectivity index (χ4n) is 1.66. The first kappa shape index (κ1) is 13.9. The molecule has 0 atom stereocenters. The maximum atomic E-state index is 11.9. The molecular weight excluding hydrogens is 289 g/mol. The summed E-state index contributed by atoms with van der Waals surface area (Å²) >= 11 is 11.8. The standard InChI is InChI=1S/C11H13Cl2N5O/c1-18-8(5-7(12)10(18)13)11(19)14-4-2-3-9-15-6-16-17-9/h5-6H,2-4H2,1H3,(H,14,19)(H,15,16,17). The number of hydrogen-bond donors (Lipinski definition) is 2. The van der Waals surface area contributed by atoms with E-state index in [1.54, 1.807) is 17.7 Å². The predicted octanol–water partition coefficient (Wildman–Crippen LogP) is 1.81. The number of carbonyl (C=O) groups excluding carboxylic acids is 1. The highest BCUT2D eigenvalue weighted by molar-refractivity contribution is 6.41. The molecule has 19 heavy (non-hydrogen) atoms. The zero-order valence-corrected chi connectivity index (χ0v) is 11.8. The molecule has 2 heterocycles. The third-order valence-corrected chi connectivity index (χ3v) is 3.53. The van der Waals surface area contributed by atoms with Crippen molar-refractivity contribution < 1.29 is 4.79 Å². The lowest BCUT2D eigenvalue weighted by Crippen LogP contribution is -2.26. The summed E-state index contributed by atoms with van der Waals surface area (Å²) < 4.78 is 1.55. The Morgan fingerprint density at radius 2 is 2.32 bits per heavy atom. The number of rotatable bonds is 5. The van der Waals surface area contributed by atoms with Crippen molar-refractivity contribution in [2.45, 2.75) is 12.8 Å². The number of halogens is 2. The Labute approximate surface area is 120 Å². The van der Waals surface area contributed by atoms with E-state index in [0.717, 1.165) is 18.7 Å². The maximum absolute atomic E-state index is 11.9. The van der Waals surface area contributed by atoms with Crippen molar-refractivity contribution in [1.82, 2.24) is 25.1 Å². The van der Waals surface area contributed by atoms with Crippen molar-refractivity contribution in [2.24, 2.45) is 7.05 Å². The van der Waals surface area contributed by atoms with Gasteiger partial charge in [-0.3, -0.25) is 9.89 Å². The Hall–Kier alpha value is -1.53. The third-order valence-electron chi connectivity index (χ3n) is 2.69. The topological polar surface area (TPSA) is 75.6 Å². The van der Waals surface area contributed by atoms with Crippen LogP contribution in [-0.2, 0) is 13.5 Å². The lowest BCUT2D eigenvalue weighted by molar-refractivity contribution is 0.0945. The van der Waals surface area contributed by atoms with Gasteiger partial charge in [-0.15, -0.1) is 0 Å². The molecular formula is C11H13Cl2N5O. The quantitative estimate of drug-likeness (QED) is 0.827. The summed E-state index contributed by atoms with van der Waals surface area (Å²) in [6.07, 6.45) is 2.96. The molecule has 2 aromatic heterocycles. The molecule has 0 radical (unpaired) electrons. The molecule has 0 aliphatic rings. The van der Waals surface area contributed by atoms with E-state index < -0.39 is 0 Å². The lowest BCUT2D eigenvalue weighted by atomic mass is 10.3. The highest BCUT2D eigenvalue weighted by Gasteiger charge is 2.15. The molecule has 0 aliphatic heterocycles. The molecule has 2 aromatic rings. The Morgan fingerprint density at radius 1 is 1.53 bits per heavy atom. The zero-order chi connectivity index (χ0) is 13.8. The van der Waals surface area contributed by atoms with Gasteiger partial charge in [0.1, 0.15) is 23.0 Å². The van der Waals surface area contributed by atoms with E-state index in [1.807, 2.05) is 0 Å². The van der Waals surface area contributed by atoms with Crippen LogP contribution in [0.3, 0.4) is 0 Å². The van der Waals surface area contributed by atoms with Gasteiger partial charge in [-0.2, -0.15) is 5.10 Å². The lowest BCUT2D eigenvalue weighted by Gasteiger charge is -2.05. The number of hydrogen-bond acceptors (Lipinski definition) is 3. The smallest absolute Gasteiger partial charge is 0.267 e. The highest BCUT2D eigenvalue weighted by Crippen LogP contribution is 2.24. The molecule has 6 nitrogen and oxygen atoms in total. The second kappa shape index (κ2) is 6.08. The molecule has 0 aromatic carbocycles. The number of nitrogens with zero attached hydrogens (tertiary/aromatic N) is 3. The number of H-pyrrole nitrogens is 1. The summed E-state index contributed by atoms with van der Waals surface area (Å²) in [6.45, 7) is 0.542. The van der Waals surface area contributed by atoms with Crippen LogP contribution in [-0.4, -0.2) is 32.2 Å². The van der Waals surface area contributed by atoms with Crippen LogP contribution >= 0.6 is 23.2 Å². The first-order valence-corrected chi connectivity index (χ1v) is 6.48. The highest BCUT2D eigenvalue weighted by atomic mass is 35.5. The van der Waals surface area contributed by atoms with Gasteiger partial charge in [-0.05, 0) is 12.5 Å². The van der Waals surface area contributed by atoms with Crippen LogP contribution in [0.5, 0.6) is 0 Å². The van der Waals surface area contributed by atoms with Crippen molar-refractivity contribution in [3.8, 4) is 0 Å². The molecule has 2 N–H and O–H groups in total. The van der Waals surface area contributed by atoms with Crippen LogP contribution in [0.4, 0.5) is 0 Å². The summed E-state index contributed by atoms with van der Waals surface area (Å²) in [6, 6.07) is 1.55. The van der Waals surface area contributed by atoms with E-state index in [1.165, 1.54) is 6.33 Å². The molecule has 0 aliphatic carbocycles. The van der Waals surface area contributed by atoms with Gasteiger partial charge in [-0.25, -0.2) is 4.98 Å². The molecule has 0 unspecified atom stereocenters. The van der Waals surface area contributed by atoms with Gasteiger partial charge in [0.2, 0.25) is 0 Å². The van der Waals surface area contributed by atoms with Gasteiger partial charge in [0.05, 0.1) is 5.02 Å². The van der Waals surface area contributed by atoms with Gasteiger partial charge >= 0.3 is 0 Å². The van der Waals surface area contributed by atoms with E-state index in [0.29, 0.717) is 22.4 Å². The average molecular weight is 302 g/mol. The second-order valence-electron chi connectivity index (χ2n) is 4.02. The summed E-state index contributed by atoms with van der Waals surface area (Å²) in [5, 5.41) is 10.0. The number of aromatic amines is 1. The third kappa shape index (κ3) is 3.27. The van der Waals surface area contributed by atoms with Gasteiger partial charge < -0.3 is 9.88 Å². The van der Waals surface area contributed by atoms with Crippen molar-refractivity contribution in [1.29, 1.82) is 0 Å². The number of aromatic nitrogens is 4. The summed E-state index contributed by atoms with van der Waals surface area (Å²) in [7, 11) is 1.69. The predicted molar refractivity (Wildman–Crippen MR) is 72.5 cm³/mol. The first-order chi connectivity index (χ1) is 9.09. The zero-order valence-electron chi connectivity index (χ0n) is 10.3. The Balaban J connectivity index is 1.82. The molecule has 8 heteroatoms. The van der Waals surface area contributed by atoms with Gasteiger partial charge in [-0.1, -0.05) is 23.2 Å². The Bertz CT molecular complexity index is 564. The largest absolute Gasteiger partial charge is 0.351 e. The minimum Gasteiger partial charge on any atom is -0.351 e. The Kier molecular flexibility index (Phi) is 4.44. The van der Waals surface area contributed by atoms with Crippen molar-refractivity contribution in [3.63, 3.8) is 0 Å². The molecule has 0 bridgehead atoms. The van der Waals surface area contributed by atoms with Crippen LogP contribution in [0.25, 0.3) is 0 Å². The van der Waals surface area contributed by atoms with Crippen molar-refractivity contribution in [3.05, 3.63) is 34.1 Å². The minimum atomic E-state index is -0.200. The van der Waals surface area contributed by atoms with Gasteiger partial charge in [0.15, 0.2) is 0 Å². The number of aryl methyl sites for hydroxylation is 1. The van der Waals surface area contributed by atoms with Crippen molar-refractivity contribution >= 4 is 29.1 Å². The first-order valence-electron chi connectivity index (χ1n) is 5.72. The number of carbonyl (C=O) groups is 1. The van der Waals surface area contributed by atoms with Crippen LogP contribution in [0, 0.1) is 0 Å². The number of nitrogens with one attached hydrogen (secondary N) is 2. The van der Waals surface area contributed by atoms with Crippen LogP contribution in [0.1, 0.15) is 22.7 Å². The maximum Gasteiger partial charge on any atom is 0.267 e. The molecule has 0 fully saturated rings. The summed E-state index contributed by atoms with van der Waals surface area (Å²) in [5.41, 5.74) is 0.440. The average Bonchev–Trinajstić information content (AvgIpc) is 2.99. The monoisotopic (exact) mass is 301 g/mol. The van der Waals surface area contributed by atoms with Crippen LogP contribution in [0.2, 0.25) is 10.2 Å². The van der Waals surface area contributed by atoms with Gasteiger partial charge in [0.25, 0.3) is 5.91 Å². The van der Waals surface area contributed by atoms with E-state index in [4.69, 9.17) is 23.2 Å². The number of amides is 1. The molecule has 0 saturated heterocycles. The van der Waals surface area contributed by atoms with Crippen LogP contribution < -0.4 is 5.32 Å². The normalized spacial score (nSPS) is 10.7. The fourth-order valence-corrected chi connectivity index (χ4v) is 2.04. The Morgan fingerprint density at radius 3 is 2.89 bits per heavy atom. The molecule has 102 valence electrons. The van der Waals surface area contributed by atoms with E-state index >= 15 is 0 Å².